The number of anilines is 2. The van der Waals surface area contributed by atoms with E-state index in [2.05, 4.69) is 10.3 Å². The minimum absolute atomic E-state index is 0.640. The minimum atomic E-state index is -0.750. The molecule has 0 aliphatic heterocycles. The third kappa shape index (κ3) is 2.79. The molecule has 5 heteroatoms. The fraction of sp³-hybridized carbons (Fsp3) is 0.308. The van der Waals surface area contributed by atoms with Gasteiger partial charge in [-0.15, -0.1) is 0 Å². The lowest BCUT2D eigenvalue weighted by atomic mass is 10.1. The van der Waals surface area contributed by atoms with E-state index < -0.39 is 10.8 Å². The number of nitrogens with two attached hydrogens (primary N) is 1. The molecule has 0 aliphatic carbocycles. The summed E-state index contributed by atoms with van der Waals surface area (Å²) in [5.74, 6) is 1.33. The quantitative estimate of drug-likeness (QED) is 0.810. The largest absolute Gasteiger partial charge is 0.397 e. The van der Waals surface area contributed by atoms with Gasteiger partial charge in [0.25, 0.3) is 0 Å². The van der Waals surface area contributed by atoms with E-state index in [0.29, 0.717) is 23.7 Å². The first-order chi connectivity index (χ1) is 8.72. The molecule has 0 spiro atoms. The highest BCUT2D eigenvalue weighted by molar-refractivity contribution is 7.84. The van der Waals surface area contributed by atoms with Crippen LogP contribution in [-0.2, 0) is 10.8 Å². The van der Waals surface area contributed by atoms with Crippen LogP contribution in [0.3, 0.4) is 0 Å². The smallest absolute Gasteiger partial charge is 0.0724 e. The maximum absolute atomic E-state index is 11.3. The molecule has 2 aromatic rings. The molecule has 18 heavy (non-hydrogen) atoms. The van der Waals surface area contributed by atoms with E-state index in [0.717, 1.165) is 16.6 Å². The van der Waals surface area contributed by atoms with Gasteiger partial charge in [-0.3, -0.25) is 9.19 Å². The maximum atomic E-state index is 11.3. The summed E-state index contributed by atoms with van der Waals surface area (Å²) in [6.07, 6.45) is 1.75. The summed E-state index contributed by atoms with van der Waals surface area (Å²) in [6, 6.07) is 7.67. The highest BCUT2D eigenvalue weighted by Crippen LogP contribution is 2.26. The molecule has 1 unspecified atom stereocenters. The number of nitrogens with zero attached hydrogens (tertiary/aromatic N) is 1. The van der Waals surface area contributed by atoms with Gasteiger partial charge in [-0.2, -0.15) is 0 Å². The van der Waals surface area contributed by atoms with Crippen molar-refractivity contribution in [1.29, 1.82) is 0 Å². The highest BCUT2D eigenvalue weighted by Gasteiger charge is 2.04. The first-order valence-corrected chi connectivity index (χ1v) is 7.43. The summed E-state index contributed by atoms with van der Waals surface area (Å²) >= 11 is 0. The Labute approximate surface area is 109 Å². The van der Waals surface area contributed by atoms with Crippen LogP contribution in [0.2, 0.25) is 0 Å². The van der Waals surface area contributed by atoms with Crippen LogP contribution in [-0.4, -0.2) is 27.2 Å². The zero-order chi connectivity index (χ0) is 13.0. The van der Waals surface area contributed by atoms with Gasteiger partial charge in [0.2, 0.25) is 0 Å². The Hall–Kier alpha value is -1.62. The Morgan fingerprint density at radius 2 is 2.22 bits per heavy atom. The molecule has 0 saturated carbocycles. The van der Waals surface area contributed by atoms with Crippen LogP contribution in [0.5, 0.6) is 0 Å². The Morgan fingerprint density at radius 1 is 1.39 bits per heavy atom. The second-order valence-corrected chi connectivity index (χ2v) is 5.82. The molecule has 0 fully saturated rings. The topological polar surface area (TPSA) is 68.0 Å². The van der Waals surface area contributed by atoms with E-state index in [1.54, 1.807) is 6.20 Å². The van der Waals surface area contributed by atoms with E-state index in [9.17, 15) is 4.21 Å². The van der Waals surface area contributed by atoms with Gasteiger partial charge in [-0.25, -0.2) is 0 Å². The zero-order valence-electron chi connectivity index (χ0n) is 10.3. The Bertz CT molecular complexity index is 571. The second-order valence-electron chi connectivity index (χ2n) is 3.96. The van der Waals surface area contributed by atoms with Crippen LogP contribution in [0.4, 0.5) is 11.4 Å². The normalized spacial score (nSPS) is 12.5. The van der Waals surface area contributed by atoms with Crippen LogP contribution in [0.25, 0.3) is 10.9 Å². The van der Waals surface area contributed by atoms with Crippen LogP contribution >= 0.6 is 0 Å². The molecule has 1 heterocycles. The monoisotopic (exact) mass is 263 g/mol. The number of rotatable bonds is 5. The fourth-order valence-corrected chi connectivity index (χ4v) is 2.39. The Kier molecular flexibility index (Phi) is 4.15. The SMILES string of the molecule is CCS(=O)CCNc1ccc2ncccc2c1N. The third-order valence-corrected chi connectivity index (χ3v) is 4.10. The molecule has 1 aromatic carbocycles. The molecule has 2 rings (SSSR count). The lowest BCUT2D eigenvalue weighted by Gasteiger charge is -2.10. The van der Waals surface area contributed by atoms with Gasteiger partial charge >= 0.3 is 0 Å². The summed E-state index contributed by atoms with van der Waals surface area (Å²) in [6.45, 7) is 2.59. The summed E-state index contributed by atoms with van der Waals surface area (Å²) in [5, 5.41) is 4.17. The standard InChI is InChI=1S/C13H17N3OS/c1-2-18(17)9-8-16-12-6-5-11-10(13(12)14)4-3-7-15-11/h3-7,16H,2,8-9,14H2,1H3. The van der Waals surface area contributed by atoms with Crippen molar-refractivity contribution in [3.05, 3.63) is 30.5 Å². The Balaban J connectivity index is 2.14. The van der Waals surface area contributed by atoms with Crippen molar-refractivity contribution in [3.8, 4) is 0 Å². The van der Waals surface area contributed by atoms with Crippen LogP contribution in [0.15, 0.2) is 30.5 Å². The van der Waals surface area contributed by atoms with Crippen molar-refractivity contribution < 1.29 is 4.21 Å². The molecule has 0 radical (unpaired) electrons. The molecule has 1 atom stereocenters. The number of nitrogens with one attached hydrogen (secondary N) is 1. The Morgan fingerprint density at radius 3 is 3.00 bits per heavy atom. The first-order valence-electron chi connectivity index (χ1n) is 5.94. The number of pyridine rings is 1. The third-order valence-electron chi connectivity index (χ3n) is 2.79. The zero-order valence-corrected chi connectivity index (χ0v) is 11.2. The molecule has 1 aromatic heterocycles. The average molecular weight is 263 g/mol. The molecule has 0 amide bonds. The van der Waals surface area contributed by atoms with Crippen molar-refractivity contribution in [3.63, 3.8) is 0 Å². The lowest BCUT2D eigenvalue weighted by molar-refractivity contribution is 0.684. The van der Waals surface area contributed by atoms with Crippen LogP contribution < -0.4 is 11.1 Å². The molecule has 0 saturated heterocycles. The average Bonchev–Trinajstić information content (AvgIpc) is 2.41. The molecular formula is C13H17N3OS. The summed E-state index contributed by atoms with van der Waals surface area (Å²) in [5.41, 5.74) is 8.55. The maximum Gasteiger partial charge on any atom is 0.0724 e. The van der Waals surface area contributed by atoms with Gasteiger partial charge in [0.05, 0.1) is 16.9 Å². The summed E-state index contributed by atoms with van der Waals surface area (Å²) < 4.78 is 11.3. The van der Waals surface area contributed by atoms with E-state index in [1.807, 2.05) is 31.2 Å². The number of fused-ring (bicyclic) bond motifs is 1. The number of benzene rings is 1. The van der Waals surface area contributed by atoms with Gasteiger partial charge in [0, 0.05) is 40.4 Å². The van der Waals surface area contributed by atoms with E-state index in [4.69, 9.17) is 5.73 Å². The van der Waals surface area contributed by atoms with Crippen molar-refractivity contribution in [1.82, 2.24) is 4.98 Å². The number of aromatic nitrogens is 1. The second kappa shape index (κ2) is 5.82. The minimum Gasteiger partial charge on any atom is -0.397 e. The molecule has 0 aliphatic rings. The summed E-state index contributed by atoms with van der Waals surface area (Å²) in [4.78, 5) is 4.25. The highest BCUT2D eigenvalue weighted by atomic mass is 32.2. The predicted octanol–water partition coefficient (Wildman–Crippen LogP) is 2.00. The lowest BCUT2D eigenvalue weighted by Crippen LogP contribution is -2.13. The number of hydrogen-bond donors (Lipinski definition) is 2. The fourth-order valence-electron chi connectivity index (χ4n) is 1.77. The summed E-state index contributed by atoms with van der Waals surface area (Å²) in [7, 11) is -0.750. The van der Waals surface area contributed by atoms with Gasteiger partial charge in [-0.05, 0) is 24.3 Å². The molecule has 4 nitrogen and oxygen atoms in total. The van der Waals surface area contributed by atoms with Crippen LogP contribution in [0.1, 0.15) is 6.92 Å². The van der Waals surface area contributed by atoms with Crippen molar-refractivity contribution in [2.75, 3.05) is 29.1 Å². The molecule has 3 N–H and O–H groups in total. The van der Waals surface area contributed by atoms with Crippen molar-refractivity contribution in [2.45, 2.75) is 6.92 Å². The van der Waals surface area contributed by atoms with E-state index in [1.165, 1.54) is 0 Å². The van der Waals surface area contributed by atoms with Gasteiger partial charge in [0.1, 0.15) is 0 Å². The van der Waals surface area contributed by atoms with E-state index in [-0.39, 0.29) is 0 Å². The van der Waals surface area contributed by atoms with Gasteiger partial charge < -0.3 is 11.1 Å². The first kappa shape index (κ1) is 12.8. The van der Waals surface area contributed by atoms with Gasteiger partial charge in [0.15, 0.2) is 0 Å². The predicted molar refractivity (Wildman–Crippen MR) is 78.2 cm³/mol. The molecule has 0 bridgehead atoms. The number of nitrogen functional groups attached to an aromatic ring is 1. The van der Waals surface area contributed by atoms with Crippen molar-refractivity contribution >= 4 is 33.1 Å². The van der Waals surface area contributed by atoms with Crippen molar-refractivity contribution in [2.24, 2.45) is 0 Å². The van der Waals surface area contributed by atoms with Gasteiger partial charge in [-0.1, -0.05) is 6.92 Å². The van der Waals surface area contributed by atoms with Crippen LogP contribution in [0, 0.1) is 0 Å². The molecule has 96 valence electrons. The molecular weight excluding hydrogens is 246 g/mol. The van der Waals surface area contributed by atoms with E-state index >= 15 is 0 Å². The number of hydrogen-bond acceptors (Lipinski definition) is 4.